The number of fused-ring (bicyclic) bond motifs is 1. The Kier molecular flexibility index (Phi) is 4.80. The summed E-state index contributed by atoms with van der Waals surface area (Å²) in [5, 5.41) is 5.14. The van der Waals surface area contributed by atoms with Crippen LogP contribution in [0.2, 0.25) is 0 Å². The standard InChI is InChI=1S/C20H19F2N5O2S/c1-30-19-23-5-4-18(24-19)29-15-9-14(10-15)27-20(28)26-16(2-3-17(26)25-27)11-6-12(21)8-13(22)7-11/h4-8,14-16H,2-3,9-10H2,1H3/t14?,15?,16-/m0/s1. The molecule has 1 aliphatic heterocycles. The largest absolute Gasteiger partial charge is 0.474 e. The Morgan fingerprint density at radius 1 is 1.20 bits per heavy atom. The fourth-order valence-electron chi connectivity index (χ4n) is 4.13. The molecule has 30 heavy (non-hydrogen) atoms. The van der Waals surface area contributed by atoms with Crippen LogP contribution >= 0.6 is 11.8 Å². The number of ether oxygens (including phenoxy) is 1. The van der Waals surface area contributed by atoms with Gasteiger partial charge in [0.2, 0.25) is 5.88 Å². The zero-order valence-electron chi connectivity index (χ0n) is 16.2. The molecule has 5 rings (SSSR count). The quantitative estimate of drug-likeness (QED) is 0.456. The lowest BCUT2D eigenvalue weighted by atomic mass is 9.89. The molecule has 2 aromatic heterocycles. The Morgan fingerprint density at radius 2 is 1.97 bits per heavy atom. The SMILES string of the molecule is CSc1nccc(OC2CC(n3nc4n(c3=O)[C@H](c3cc(F)cc(F)c3)CC4)C2)n1. The Hall–Kier alpha value is -2.75. The normalized spacial score (nSPS) is 22.6. The average molecular weight is 431 g/mol. The van der Waals surface area contributed by atoms with Crippen LogP contribution in [0.25, 0.3) is 0 Å². The van der Waals surface area contributed by atoms with Crippen molar-refractivity contribution in [3.63, 3.8) is 0 Å². The predicted octanol–water partition coefficient (Wildman–Crippen LogP) is 3.15. The molecule has 0 amide bonds. The summed E-state index contributed by atoms with van der Waals surface area (Å²) in [6.45, 7) is 0. The zero-order chi connectivity index (χ0) is 20.8. The van der Waals surface area contributed by atoms with E-state index in [2.05, 4.69) is 15.1 Å². The maximum absolute atomic E-state index is 13.7. The molecule has 0 radical (unpaired) electrons. The lowest BCUT2D eigenvalue weighted by molar-refractivity contribution is 0.0577. The number of aromatic nitrogens is 5. The number of halogens is 2. The lowest BCUT2D eigenvalue weighted by Gasteiger charge is -2.34. The molecule has 1 aromatic carbocycles. The molecule has 0 bridgehead atoms. The highest BCUT2D eigenvalue weighted by Crippen LogP contribution is 2.36. The van der Waals surface area contributed by atoms with Crippen molar-refractivity contribution in [1.82, 2.24) is 24.3 Å². The maximum atomic E-state index is 13.7. The van der Waals surface area contributed by atoms with Gasteiger partial charge in [-0.1, -0.05) is 11.8 Å². The minimum atomic E-state index is -0.646. The third kappa shape index (κ3) is 3.38. The monoisotopic (exact) mass is 431 g/mol. The molecule has 3 aromatic rings. The van der Waals surface area contributed by atoms with Crippen molar-refractivity contribution < 1.29 is 13.5 Å². The van der Waals surface area contributed by atoms with E-state index in [-0.39, 0.29) is 17.8 Å². The molecule has 10 heteroatoms. The number of aryl methyl sites for hydroxylation is 1. The van der Waals surface area contributed by atoms with Crippen LogP contribution in [0.4, 0.5) is 8.78 Å². The second kappa shape index (κ2) is 7.50. The van der Waals surface area contributed by atoms with Crippen molar-refractivity contribution in [1.29, 1.82) is 0 Å². The van der Waals surface area contributed by atoms with Gasteiger partial charge in [0.1, 0.15) is 23.6 Å². The molecule has 3 heterocycles. The van der Waals surface area contributed by atoms with E-state index in [1.165, 1.54) is 28.6 Å². The maximum Gasteiger partial charge on any atom is 0.346 e. The van der Waals surface area contributed by atoms with Crippen LogP contribution in [0.1, 0.15) is 42.7 Å². The van der Waals surface area contributed by atoms with E-state index in [0.717, 1.165) is 6.07 Å². The van der Waals surface area contributed by atoms with Gasteiger partial charge < -0.3 is 4.74 Å². The first-order valence-corrected chi connectivity index (χ1v) is 10.9. The lowest BCUT2D eigenvalue weighted by Crippen LogP contribution is -2.41. The van der Waals surface area contributed by atoms with Crippen molar-refractivity contribution in [2.24, 2.45) is 0 Å². The van der Waals surface area contributed by atoms with Gasteiger partial charge in [-0.3, -0.25) is 4.57 Å². The summed E-state index contributed by atoms with van der Waals surface area (Å²) in [5.41, 5.74) is 0.211. The Morgan fingerprint density at radius 3 is 2.70 bits per heavy atom. The number of hydrogen-bond donors (Lipinski definition) is 0. The predicted molar refractivity (Wildman–Crippen MR) is 106 cm³/mol. The summed E-state index contributed by atoms with van der Waals surface area (Å²) < 4.78 is 36.2. The highest BCUT2D eigenvalue weighted by molar-refractivity contribution is 7.98. The third-order valence-electron chi connectivity index (χ3n) is 5.62. The molecule has 1 aliphatic carbocycles. The van der Waals surface area contributed by atoms with Crippen molar-refractivity contribution >= 4 is 11.8 Å². The number of thioether (sulfide) groups is 1. The van der Waals surface area contributed by atoms with Gasteiger partial charge in [-0.15, -0.1) is 0 Å². The number of nitrogens with zero attached hydrogens (tertiary/aromatic N) is 5. The summed E-state index contributed by atoms with van der Waals surface area (Å²) in [4.78, 5) is 21.4. The van der Waals surface area contributed by atoms with Crippen LogP contribution in [0, 0.1) is 11.6 Å². The van der Waals surface area contributed by atoms with E-state index in [1.807, 2.05) is 6.26 Å². The molecule has 2 aliphatic rings. The molecule has 1 fully saturated rings. The average Bonchev–Trinajstić information content (AvgIpc) is 3.24. The first kappa shape index (κ1) is 19.2. The summed E-state index contributed by atoms with van der Waals surface area (Å²) in [7, 11) is 0. The van der Waals surface area contributed by atoms with Crippen LogP contribution < -0.4 is 10.4 Å². The zero-order valence-corrected chi connectivity index (χ0v) is 17.0. The number of rotatable bonds is 5. The fourth-order valence-corrected chi connectivity index (χ4v) is 4.48. The topological polar surface area (TPSA) is 74.8 Å². The van der Waals surface area contributed by atoms with E-state index in [1.54, 1.807) is 16.8 Å². The Bertz CT molecular complexity index is 1140. The summed E-state index contributed by atoms with van der Waals surface area (Å²) in [5.74, 6) is -0.121. The summed E-state index contributed by atoms with van der Waals surface area (Å²) >= 11 is 1.44. The number of hydrogen-bond acceptors (Lipinski definition) is 6. The van der Waals surface area contributed by atoms with E-state index in [0.29, 0.717) is 48.1 Å². The van der Waals surface area contributed by atoms with Gasteiger partial charge >= 0.3 is 5.69 Å². The van der Waals surface area contributed by atoms with Crippen molar-refractivity contribution in [3.8, 4) is 5.88 Å². The molecular formula is C20H19F2N5O2S. The van der Waals surface area contributed by atoms with Crippen molar-refractivity contribution in [2.75, 3.05) is 6.26 Å². The van der Waals surface area contributed by atoms with E-state index in [9.17, 15) is 13.6 Å². The Labute approximate surface area is 175 Å². The Balaban J connectivity index is 1.32. The molecule has 0 unspecified atom stereocenters. The van der Waals surface area contributed by atoms with Crippen LogP contribution in [-0.2, 0) is 6.42 Å². The molecule has 0 N–H and O–H groups in total. The fraction of sp³-hybridized carbons (Fsp3) is 0.400. The van der Waals surface area contributed by atoms with Gasteiger partial charge in [-0.2, -0.15) is 10.1 Å². The van der Waals surface area contributed by atoms with E-state index in [4.69, 9.17) is 4.74 Å². The van der Waals surface area contributed by atoms with Gasteiger partial charge in [0.25, 0.3) is 0 Å². The highest BCUT2D eigenvalue weighted by Gasteiger charge is 2.38. The van der Waals surface area contributed by atoms with Crippen LogP contribution in [0.5, 0.6) is 5.88 Å². The summed E-state index contributed by atoms with van der Waals surface area (Å²) in [6, 6.07) is 4.65. The smallest absolute Gasteiger partial charge is 0.346 e. The van der Waals surface area contributed by atoms with Gasteiger partial charge in [0, 0.05) is 37.6 Å². The van der Waals surface area contributed by atoms with Gasteiger partial charge in [0.15, 0.2) is 5.16 Å². The molecular weight excluding hydrogens is 412 g/mol. The first-order valence-electron chi connectivity index (χ1n) is 9.71. The van der Waals surface area contributed by atoms with Crippen LogP contribution in [0.3, 0.4) is 0 Å². The second-order valence-corrected chi connectivity index (χ2v) is 8.29. The molecule has 0 saturated heterocycles. The van der Waals surface area contributed by atoms with Crippen LogP contribution in [-0.4, -0.2) is 36.7 Å². The van der Waals surface area contributed by atoms with Crippen molar-refractivity contribution in [3.05, 3.63) is 64.0 Å². The number of benzene rings is 1. The first-order chi connectivity index (χ1) is 14.5. The van der Waals surface area contributed by atoms with Crippen molar-refractivity contribution in [2.45, 2.75) is 49.0 Å². The highest BCUT2D eigenvalue weighted by atomic mass is 32.2. The van der Waals surface area contributed by atoms with Gasteiger partial charge in [-0.25, -0.2) is 23.2 Å². The minimum absolute atomic E-state index is 0.0452. The molecule has 1 atom stereocenters. The molecule has 156 valence electrons. The third-order valence-corrected chi connectivity index (χ3v) is 6.18. The van der Waals surface area contributed by atoms with Gasteiger partial charge in [-0.05, 0) is 30.4 Å². The molecule has 1 saturated carbocycles. The minimum Gasteiger partial charge on any atom is -0.474 e. The second-order valence-electron chi connectivity index (χ2n) is 7.52. The van der Waals surface area contributed by atoms with E-state index >= 15 is 0 Å². The van der Waals surface area contributed by atoms with Crippen LogP contribution in [0.15, 0.2) is 40.4 Å². The van der Waals surface area contributed by atoms with Gasteiger partial charge in [0.05, 0.1) is 12.1 Å². The molecule has 7 nitrogen and oxygen atoms in total. The van der Waals surface area contributed by atoms with E-state index < -0.39 is 17.7 Å². The summed E-state index contributed by atoms with van der Waals surface area (Å²) in [6.07, 6.45) is 6.00. The molecule has 0 spiro atoms.